The second kappa shape index (κ2) is 5.81. The van der Waals surface area contributed by atoms with Crippen LogP contribution >= 0.6 is 0 Å². The number of rotatable bonds is 5. The first kappa shape index (κ1) is 13.5. The van der Waals surface area contributed by atoms with Gasteiger partial charge in [-0.15, -0.1) is 0 Å². The standard InChI is InChI=1S/C15H24N2O/c1-2-15(7-3-4-8-15)14(18)13(10-16)12-6-5-9-17-11-12/h5-6,9,11,13-14,18H,2-4,7-8,10,16H2,1H3. The largest absolute Gasteiger partial charge is 0.392 e. The number of nitrogens with two attached hydrogens (primary N) is 1. The number of hydrogen-bond acceptors (Lipinski definition) is 3. The zero-order chi connectivity index (χ0) is 13.0. The smallest absolute Gasteiger partial charge is 0.0677 e. The summed E-state index contributed by atoms with van der Waals surface area (Å²) in [6.45, 7) is 2.67. The van der Waals surface area contributed by atoms with Gasteiger partial charge in [0.05, 0.1) is 6.10 Å². The molecule has 0 saturated heterocycles. The number of aromatic nitrogens is 1. The fraction of sp³-hybridized carbons (Fsp3) is 0.667. The van der Waals surface area contributed by atoms with Gasteiger partial charge < -0.3 is 10.8 Å². The Labute approximate surface area is 109 Å². The highest BCUT2D eigenvalue weighted by Gasteiger charge is 2.42. The Bertz CT molecular complexity index is 360. The molecule has 1 heterocycles. The van der Waals surface area contributed by atoms with E-state index < -0.39 is 0 Å². The van der Waals surface area contributed by atoms with Gasteiger partial charge in [0, 0.05) is 24.9 Å². The first-order chi connectivity index (χ1) is 8.73. The second-order valence-corrected chi connectivity index (χ2v) is 5.50. The minimum atomic E-state index is -0.348. The van der Waals surface area contributed by atoms with Crippen molar-refractivity contribution in [1.82, 2.24) is 4.98 Å². The molecule has 1 aliphatic carbocycles. The van der Waals surface area contributed by atoms with Crippen LogP contribution in [-0.4, -0.2) is 22.7 Å². The Morgan fingerprint density at radius 1 is 1.44 bits per heavy atom. The van der Waals surface area contributed by atoms with E-state index in [0.717, 1.165) is 24.8 Å². The van der Waals surface area contributed by atoms with Crippen molar-refractivity contribution in [2.75, 3.05) is 6.54 Å². The number of hydrogen-bond donors (Lipinski definition) is 2. The molecule has 3 heteroatoms. The van der Waals surface area contributed by atoms with E-state index in [0.29, 0.717) is 6.54 Å². The lowest BCUT2D eigenvalue weighted by Crippen LogP contribution is -2.40. The molecule has 100 valence electrons. The molecule has 0 aromatic carbocycles. The van der Waals surface area contributed by atoms with Crippen molar-refractivity contribution < 1.29 is 5.11 Å². The summed E-state index contributed by atoms with van der Waals surface area (Å²) < 4.78 is 0. The summed E-state index contributed by atoms with van der Waals surface area (Å²) in [6.07, 6.45) is 8.99. The highest BCUT2D eigenvalue weighted by atomic mass is 16.3. The van der Waals surface area contributed by atoms with Gasteiger partial charge >= 0.3 is 0 Å². The Morgan fingerprint density at radius 2 is 2.17 bits per heavy atom. The maximum atomic E-state index is 10.8. The van der Waals surface area contributed by atoms with Crippen molar-refractivity contribution in [3.63, 3.8) is 0 Å². The quantitative estimate of drug-likeness (QED) is 0.841. The van der Waals surface area contributed by atoms with Crippen LogP contribution in [0.5, 0.6) is 0 Å². The van der Waals surface area contributed by atoms with E-state index >= 15 is 0 Å². The van der Waals surface area contributed by atoms with Crippen LogP contribution in [-0.2, 0) is 0 Å². The summed E-state index contributed by atoms with van der Waals surface area (Å²) in [5.74, 6) is 0.0109. The molecule has 3 nitrogen and oxygen atoms in total. The SMILES string of the molecule is CCC1(C(O)C(CN)c2cccnc2)CCCC1. The molecule has 0 amide bonds. The van der Waals surface area contributed by atoms with Gasteiger partial charge in [0.1, 0.15) is 0 Å². The van der Waals surface area contributed by atoms with Gasteiger partial charge in [0.2, 0.25) is 0 Å². The predicted molar refractivity (Wildman–Crippen MR) is 73.2 cm³/mol. The third-order valence-electron chi connectivity index (χ3n) is 4.68. The number of aliphatic hydroxyl groups excluding tert-OH is 1. The van der Waals surface area contributed by atoms with Crippen LogP contribution in [0.2, 0.25) is 0 Å². The van der Waals surface area contributed by atoms with E-state index in [9.17, 15) is 5.11 Å². The van der Waals surface area contributed by atoms with Crippen molar-refractivity contribution in [3.05, 3.63) is 30.1 Å². The van der Waals surface area contributed by atoms with Crippen molar-refractivity contribution in [2.45, 2.75) is 51.0 Å². The minimum Gasteiger partial charge on any atom is -0.392 e. The van der Waals surface area contributed by atoms with Crippen LogP contribution in [0.4, 0.5) is 0 Å². The minimum absolute atomic E-state index is 0.0109. The van der Waals surface area contributed by atoms with Crippen LogP contribution in [0, 0.1) is 5.41 Å². The first-order valence-electron chi connectivity index (χ1n) is 7.01. The van der Waals surface area contributed by atoms with Crippen molar-refractivity contribution in [2.24, 2.45) is 11.1 Å². The second-order valence-electron chi connectivity index (χ2n) is 5.50. The molecule has 0 aliphatic heterocycles. The molecular formula is C15H24N2O. The molecule has 2 atom stereocenters. The number of aliphatic hydroxyl groups is 1. The van der Waals surface area contributed by atoms with Gasteiger partial charge in [-0.05, 0) is 36.3 Å². The summed E-state index contributed by atoms with van der Waals surface area (Å²) in [5, 5.41) is 10.8. The Morgan fingerprint density at radius 3 is 2.67 bits per heavy atom. The third kappa shape index (κ3) is 2.43. The van der Waals surface area contributed by atoms with Crippen LogP contribution in [0.1, 0.15) is 50.5 Å². The fourth-order valence-corrected chi connectivity index (χ4v) is 3.41. The Balaban J connectivity index is 2.22. The maximum Gasteiger partial charge on any atom is 0.0677 e. The zero-order valence-corrected chi connectivity index (χ0v) is 11.2. The summed E-state index contributed by atoms with van der Waals surface area (Å²) in [4.78, 5) is 4.14. The third-order valence-corrected chi connectivity index (χ3v) is 4.68. The fourth-order valence-electron chi connectivity index (χ4n) is 3.41. The lowest BCUT2D eigenvalue weighted by atomic mass is 9.71. The van der Waals surface area contributed by atoms with Crippen molar-refractivity contribution >= 4 is 0 Å². The average Bonchev–Trinajstić information content (AvgIpc) is 2.91. The molecule has 1 aromatic rings. The van der Waals surface area contributed by atoms with E-state index in [-0.39, 0.29) is 17.4 Å². The predicted octanol–water partition coefficient (Wildman–Crippen LogP) is 2.46. The normalized spacial score (nSPS) is 21.7. The van der Waals surface area contributed by atoms with Gasteiger partial charge in [0.25, 0.3) is 0 Å². The molecular weight excluding hydrogens is 224 g/mol. The summed E-state index contributed by atoms with van der Waals surface area (Å²) in [6, 6.07) is 3.93. The highest BCUT2D eigenvalue weighted by Crippen LogP contribution is 2.47. The van der Waals surface area contributed by atoms with Crippen molar-refractivity contribution in [1.29, 1.82) is 0 Å². The van der Waals surface area contributed by atoms with E-state index in [1.807, 2.05) is 18.3 Å². The molecule has 3 N–H and O–H groups in total. The maximum absolute atomic E-state index is 10.8. The summed E-state index contributed by atoms with van der Waals surface area (Å²) in [5.41, 5.74) is 7.03. The molecule has 0 spiro atoms. The van der Waals surface area contributed by atoms with E-state index in [4.69, 9.17) is 5.73 Å². The molecule has 1 aliphatic rings. The van der Waals surface area contributed by atoms with E-state index in [1.165, 1.54) is 12.8 Å². The summed E-state index contributed by atoms with van der Waals surface area (Å²) >= 11 is 0. The topological polar surface area (TPSA) is 59.1 Å². The molecule has 0 radical (unpaired) electrons. The van der Waals surface area contributed by atoms with Gasteiger partial charge in [-0.3, -0.25) is 4.98 Å². The van der Waals surface area contributed by atoms with E-state index in [1.54, 1.807) is 6.20 Å². The van der Waals surface area contributed by atoms with Crippen LogP contribution in [0.25, 0.3) is 0 Å². The van der Waals surface area contributed by atoms with Crippen LogP contribution < -0.4 is 5.73 Å². The monoisotopic (exact) mass is 248 g/mol. The van der Waals surface area contributed by atoms with Gasteiger partial charge in [-0.1, -0.05) is 25.8 Å². The molecule has 1 fully saturated rings. The lowest BCUT2D eigenvalue weighted by Gasteiger charge is -2.38. The van der Waals surface area contributed by atoms with Gasteiger partial charge in [-0.25, -0.2) is 0 Å². The number of nitrogens with zero attached hydrogens (tertiary/aromatic N) is 1. The Kier molecular flexibility index (Phi) is 4.36. The number of pyridine rings is 1. The summed E-state index contributed by atoms with van der Waals surface area (Å²) in [7, 11) is 0. The average molecular weight is 248 g/mol. The lowest BCUT2D eigenvalue weighted by molar-refractivity contribution is 0.00594. The Hall–Kier alpha value is -0.930. The molecule has 2 rings (SSSR count). The van der Waals surface area contributed by atoms with Gasteiger partial charge in [-0.2, -0.15) is 0 Å². The molecule has 18 heavy (non-hydrogen) atoms. The van der Waals surface area contributed by atoms with Crippen LogP contribution in [0.15, 0.2) is 24.5 Å². The first-order valence-corrected chi connectivity index (χ1v) is 7.01. The van der Waals surface area contributed by atoms with Crippen molar-refractivity contribution in [3.8, 4) is 0 Å². The molecule has 0 bridgehead atoms. The van der Waals surface area contributed by atoms with E-state index in [2.05, 4.69) is 11.9 Å². The van der Waals surface area contributed by atoms with Gasteiger partial charge in [0.15, 0.2) is 0 Å². The molecule has 2 unspecified atom stereocenters. The molecule has 1 aromatic heterocycles. The zero-order valence-electron chi connectivity index (χ0n) is 11.2. The molecule has 1 saturated carbocycles. The highest BCUT2D eigenvalue weighted by molar-refractivity contribution is 5.18. The van der Waals surface area contributed by atoms with Crippen LogP contribution in [0.3, 0.4) is 0 Å².